The van der Waals surface area contributed by atoms with Gasteiger partial charge in [-0.3, -0.25) is 10.1 Å². The van der Waals surface area contributed by atoms with Crippen LogP contribution in [0.5, 0.6) is 0 Å². The summed E-state index contributed by atoms with van der Waals surface area (Å²) < 4.78 is 0.971. The molecule has 0 aliphatic heterocycles. The summed E-state index contributed by atoms with van der Waals surface area (Å²) in [6.07, 6.45) is 0. The van der Waals surface area contributed by atoms with Crippen molar-refractivity contribution in [1.29, 1.82) is 0 Å². The lowest BCUT2D eigenvalue weighted by atomic mass is 10.3. The average molecular weight is 356 g/mol. The third kappa shape index (κ3) is 4.04. The summed E-state index contributed by atoms with van der Waals surface area (Å²) >= 11 is 4.86. The summed E-state index contributed by atoms with van der Waals surface area (Å²) in [5.41, 5.74) is 0.314. The molecule has 1 heterocycles. The lowest BCUT2D eigenvalue weighted by Gasteiger charge is -2.06. The molecule has 6 nitrogen and oxygen atoms in total. The zero-order valence-corrected chi connectivity index (χ0v) is 12.5. The fraction of sp³-hybridized carbons (Fsp3) is 0.0833. The molecule has 0 unspecified atom stereocenters. The zero-order chi connectivity index (χ0) is 14.5. The summed E-state index contributed by atoms with van der Waals surface area (Å²) in [6.45, 7) is 0.400. The van der Waals surface area contributed by atoms with Gasteiger partial charge >= 0.3 is 6.03 Å². The Hall–Kier alpha value is -1.93. The Balaban J connectivity index is 1.91. The molecule has 20 heavy (non-hydrogen) atoms. The fourth-order valence-electron chi connectivity index (χ4n) is 1.49. The standard InChI is InChI=1S/C12H10BrN3O3S/c13-8-4-11(20-7-8)6-14-12(17)15-9-2-1-3-10(5-9)16(18)19/h1-5,7H,6H2,(H2,14,15,17). The van der Waals surface area contributed by atoms with Gasteiger partial charge in [-0.05, 0) is 28.1 Å². The van der Waals surface area contributed by atoms with Crippen molar-refractivity contribution in [3.05, 3.63) is 55.2 Å². The maximum atomic E-state index is 11.7. The summed E-state index contributed by atoms with van der Waals surface area (Å²) in [4.78, 5) is 22.8. The Labute approximate surface area is 127 Å². The van der Waals surface area contributed by atoms with Crippen LogP contribution in [0.2, 0.25) is 0 Å². The number of benzene rings is 1. The van der Waals surface area contributed by atoms with Crippen LogP contribution in [0.1, 0.15) is 4.88 Å². The molecule has 0 aliphatic carbocycles. The van der Waals surface area contributed by atoms with E-state index in [-0.39, 0.29) is 5.69 Å². The van der Waals surface area contributed by atoms with Crippen molar-refractivity contribution in [3.8, 4) is 0 Å². The Kier molecular flexibility index (Phi) is 4.70. The summed E-state index contributed by atoms with van der Waals surface area (Å²) in [5, 5.41) is 17.8. The lowest BCUT2D eigenvalue weighted by molar-refractivity contribution is -0.384. The summed E-state index contributed by atoms with van der Waals surface area (Å²) in [5.74, 6) is 0. The highest BCUT2D eigenvalue weighted by molar-refractivity contribution is 9.10. The highest BCUT2D eigenvalue weighted by atomic mass is 79.9. The van der Waals surface area contributed by atoms with Crippen molar-refractivity contribution >= 4 is 44.7 Å². The van der Waals surface area contributed by atoms with E-state index < -0.39 is 11.0 Å². The van der Waals surface area contributed by atoms with E-state index in [9.17, 15) is 14.9 Å². The van der Waals surface area contributed by atoms with E-state index in [0.717, 1.165) is 9.35 Å². The SMILES string of the molecule is O=C(NCc1cc(Br)cs1)Nc1cccc([N+](=O)[O-])c1. The van der Waals surface area contributed by atoms with Crippen LogP contribution in [0.4, 0.5) is 16.2 Å². The van der Waals surface area contributed by atoms with Crippen molar-refractivity contribution in [2.75, 3.05) is 5.32 Å². The molecule has 104 valence electrons. The molecule has 2 rings (SSSR count). The normalized spacial score (nSPS) is 10.1. The molecule has 0 radical (unpaired) electrons. The number of anilines is 1. The lowest BCUT2D eigenvalue weighted by Crippen LogP contribution is -2.27. The predicted molar refractivity (Wildman–Crippen MR) is 81.0 cm³/mol. The summed E-state index contributed by atoms with van der Waals surface area (Å²) in [7, 11) is 0. The first-order valence-electron chi connectivity index (χ1n) is 5.57. The van der Waals surface area contributed by atoms with Crippen LogP contribution < -0.4 is 10.6 Å². The minimum Gasteiger partial charge on any atom is -0.333 e. The molecule has 0 fully saturated rings. The van der Waals surface area contributed by atoms with Crippen LogP contribution in [-0.2, 0) is 6.54 Å². The number of nitro groups is 1. The van der Waals surface area contributed by atoms with Crippen LogP contribution in [-0.4, -0.2) is 11.0 Å². The van der Waals surface area contributed by atoms with E-state index in [1.165, 1.54) is 29.5 Å². The van der Waals surface area contributed by atoms with Gasteiger partial charge < -0.3 is 10.6 Å². The van der Waals surface area contributed by atoms with Gasteiger partial charge in [0.2, 0.25) is 0 Å². The highest BCUT2D eigenvalue weighted by Gasteiger charge is 2.08. The molecule has 0 saturated heterocycles. The number of nitrogens with one attached hydrogen (secondary N) is 2. The molecule has 1 aromatic heterocycles. The predicted octanol–water partition coefficient (Wildman–Crippen LogP) is 3.74. The van der Waals surface area contributed by atoms with Crippen molar-refractivity contribution < 1.29 is 9.72 Å². The monoisotopic (exact) mass is 355 g/mol. The molecular weight excluding hydrogens is 346 g/mol. The second kappa shape index (κ2) is 6.49. The molecule has 0 saturated carbocycles. The van der Waals surface area contributed by atoms with Crippen LogP contribution in [0.25, 0.3) is 0 Å². The molecule has 8 heteroatoms. The molecule has 2 amide bonds. The number of carbonyl (C=O) groups excluding carboxylic acids is 1. The number of urea groups is 1. The molecular formula is C12H10BrN3O3S. The van der Waals surface area contributed by atoms with E-state index in [1.54, 1.807) is 6.07 Å². The van der Waals surface area contributed by atoms with Crippen molar-refractivity contribution in [3.63, 3.8) is 0 Å². The maximum Gasteiger partial charge on any atom is 0.319 e. The average Bonchev–Trinajstić information content (AvgIpc) is 2.82. The number of nitro benzene ring substituents is 1. The molecule has 2 aromatic rings. The van der Waals surface area contributed by atoms with Gasteiger partial charge in [-0.15, -0.1) is 11.3 Å². The van der Waals surface area contributed by atoms with E-state index in [2.05, 4.69) is 26.6 Å². The third-order valence-corrected chi connectivity index (χ3v) is 4.06. The molecule has 1 aromatic carbocycles. The van der Waals surface area contributed by atoms with Crippen molar-refractivity contribution in [2.45, 2.75) is 6.54 Å². The summed E-state index contributed by atoms with van der Waals surface area (Å²) in [6, 6.07) is 7.29. The smallest absolute Gasteiger partial charge is 0.319 e. The first kappa shape index (κ1) is 14.5. The second-order valence-electron chi connectivity index (χ2n) is 3.85. The quantitative estimate of drug-likeness (QED) is 0.647. The number of hydrogen-bond acceptors (Lipinski definition) is 4. The Morgan fingerprint density at radius 2 is 2.20 bits per heavy atom. The van der Waals surface area contributed by atoms with E-state index >= 15 is 0 Å². The van der Waals surface area contributed by atoms with Gasteiger partial charge in [-0.1, -0.05) is 6.07 Å². The van der Waals surface area contributed by atoms with E-state index in [4.69, 9.17) is 0 Å². The Morgan fingerprint density at radius 1 is 1.40 bits per heavy atom. The number of rotatable bonds is 4. The minimum atomic E-state index is -0.508. The Bertz CT molecular complexity index is 644. The molecule has 0 spiro atoms. The molecule has 0 aliphatic rings. The van der Waals surface area contributed by atoms with Crippen molar-refractivity contribution in [1.82, 2.24) is 5.32 Å². The van der Waals surface area contributed by atoms with Crippen LogP contribution in [0, 0.1) is 10.1 Å². The molecule has 2 N–H and O–H groups in total. The number of halogens is 1. The van der Waals surface area contributed by atoms with Gasteiger partial charge in [-0.25, -0.2) is 4.79 Å². The topological polar surface area (TPSA) is 84.3 Å². The number of hydrogen-bond donors (Lipinski definition) is 2. The van der Waals surface area contributed by atoms with Gasteiger partial charge in [-0.2, -0.15) is 0 Å². The van der Waals surface area contributed by atoms with Gasteiger partial charge in [0.1, 0.15) is 0 Å². The fourth-order valence-corrected chi connectivity index (χ4v) is 2.88. The zero-order valence-electron chi connectivity index (χ0n) is 10.1. The largest absolute Gasteiger partial charge is 0.333 e. The highest BCUT2D eigenvalue weighted by Crippen LogP contribution is 2.19. The molecule has 0 bridgehead atoms. The van der Waals surface area contributed by atoms with Crippen LogP contribution >= 0.6 is 27.3 Å². The second-order valence-corrected chi connectivity index (χ2v) is 5.76. The number of nitrogens with zero attached hydrogens (tertiary/aromatic N) is 1. The molecule has 0 atom stereocenters. The Morgan fingerprint density at radius 3 is 2.85 bits per heavy atom. The van der Waals surface area contributed by atoms with E-state index in [1.807, 2.05) is 11.4 Å². The minimum absolute atomic E-state index is 0.0648. The number of amides is 2. The van der Waals surface area contributed by atoms with Gasteiger partial charge in [0, 0.05) is 32.6 Å². The number of non-ortho nitro benzene ring substituents is 1. The van der Waals surface area contributed by atoms with Gasteiger partial charge in [0.05, 0.1) is 11.5 Å². The van der Waals surface area contributed by atoms with Gasteiger partial charge in [0.15, 0.2) is 0 Å². The van der Waals surface area contributed by atoms with Crippen molar-refractivity contribution in [2.24, 2.45) is 0 Å². The van der Waals surface area contributed by atoms with Gasteiger partial charge in [0.25, 0.3) is 5.69 Å². The van der Waals surface area contributed by atoms with E-state index in [0.29, 0.717) is 12.2 Å². The number of carbonyl (C=O) groups is 1. The first-order chi connectivity index (χ1) is 9.54. The van der Waals surface area contributed by atoms with Crippen LogP contribution in [0.3, 0.4) is 0 Å². The third-order valence-electron chi connectivity index (χ3n) is 2.36. The number of thiophene rings is 1. The first-order valence-corrected chi connectivity index (χ1v) is 7.24. The maximum absolute atomic E-state index is 11.7. The van der Waals surface area contributed by atoms with Crippen LogP contribution in [0.15, 0.2) is 40.2 Å².